The molecule has 0 atom stereocenters. The van der Waals surface area contributed by atoms with Crippen molar-refractivity contribution in [3.63, 3.8) is 0 Å². The predicted molar refractivity (Wildman–Crippen MR) is 70.6 cm³/mol. The van der Waals surface area contributed by atoms with E-state index >= 15 is 0 Å². The van der Waals surface area contributed by atoms with Gasteiger partial charge in [-0.15, -0.1) is 0 Å². The lowest BCUT2D eigenvalue weighted by molar-refractivity contribution is -0.123. The molecule has 0 aromatic heterocycles. The molecule has 0 saturated heterocycles. The second kappa shape index (κ2) is 6.40. The van der Waals surface area contributed by atoms with Crippen molar-refractivity contribution in [1.29, 1.82) is 0 Å². The summed E-state index contributed by atoms with van der Waals surface area (Å²) in [6, 6.07) is 6.12. The van der Waals surface area contributed by atoms with Gasteiger partial charge < -0.3 is 15.8 Å². The zero-order valence-electron chi connectivity index (χ0n) is 10.6. The molecule has 4 heteroatoms. The second-order valence-electron chi connectivity index (χ2n) is 4.56. The van der Waals surface area contributed by atoms with E-state index in [1.807, 2.05) is 6.07 Å². The summed E-state index contributed by atoms with van der Waals surface area (Å²) in [4.78, 5) is 11.4. The highest BCUT2D eigenvalue weighted by molar-refractivity contribution is 5.77. The molecule has 1 amide bonds. The molecule has 0 saturated carbocycles. The topological polar surface area (TPSA) is 64.3 Å². The Morgan fingerprint density at radius 3 is 2.83 bits per heavy atom. The quantitative estimate of drug-likeness (QED) is 0.817. The van der Waals surface area contributed by atoms with Crippen molar-refractivity contribution < 1.29 is 9.53 Å². The zero-order chi connectivity index (χ0) is 12.8. The first kappa shape index (κ1) is 12.9. The maximum Gasteiger partial charge on any atom is 0.257 e. The second-order valence-corrected chi connectivity index (χ2v) is 4.56. The molecule has 2 rings (SSSR count). The minimum Gasteiger partial charge on any atom is -0.484 e. The normalized spacial score (nSPS) is 13.8. The standard InChI is InChI=1S/C14H20N2O2/c15-7-8-16-14(17)10-18-13-6-5-11-3-1-2-4-12(11)9-13/h5-6,9H,1-4,7-8,10,15H2,(H,16,17). The molecule has 0 radical (unpaired) electrons. The van der Waals surface area contributed by atoms with Crippen LogP contribution in [0.15, 0.2) is 18.2 Å². The Morgan fingerprint density at radius 2 is 2.06 bits per heavy atom. The number of nitrogens with one attached hydrogen (secondary N) is 1. The molecule has 1 aliphatic carbocycles. The largest absolute Gasteiger partial charge is 0.484 e. The van der Waals surface area contributed by atoms with Gasteiger partial charge in [0.15, 0.2) is 6.61 Å². The minimum absolute atomic E-state index is 0.0544. The SMILES string of the molecule is NCCNC(=O)COc1ccc2c(c1)CCCC2. The molecular weight excluding hydrogens is 228 g/mol. The van der Waals surface area contributed by atoms with Gasteiger partial charge in [0.25, 0.3) is 5.91 Å². The van der Waals surface area contributed by atoms with Crippen LogP contribution in [0.1, 0.15) is 24.0 Å². The molecule has 98 valence electrons. The van der Waals surface area contributed by atoms with Gasteiger partial charge in [-0.25, -0.2) is 0 Å². The number of hydrogen-bond donors (Lipinski definition) is 2. The van der Waals surface area contributed by atoms with Gasteiger partial charge in [0.05, 0.1) is 0 Å². The molecule has 0 unspecified atom stereocenters. The van der Waals surface area contributed by atoms with Gasteiger partial charge in [-0.1, -0.05) is 6.07 Å². The highest BCUT2D eigenvalue weighted by atomic mass is 16.5. The zero-order valence-corrected chi connectivity index (χ0v) is 10.6. The fraction of sp³-hybridized carbons (Fsp3) is 0.500. The molecule has 0 bridgehead atoms. The highest BCUT2D eigenvalue weighted by Gasteiger charge is 2.10. The van der Waals surface area contributed by atoms with E-state index in [1.165, 1.54) is 24.0 Å². The van der Waals surface area contributed by atoms with Crippen LogP contribution in [0.2, 0.25) is 0 Å². The van der Waals surface area contributed by atoms with Crippen molar-refractivity contribution in [3.8, 4) is 5.75 Å². The maximum absolute atomic E-state index is 11.4. The van der Waals surface area contributed by atoms with Crippen LogP contribution >= 0.6 is 0 Å². The number of nitrogens with two attached hydrogens (primary N) is 1. The average molecular weight is 248 g/mol. The lowest BCUT2D eigenvalue weighted by Crippen LogP contribution is -2.32. The summed E-state index contributed by atoms with van der Waals surface area (Å²) in [5.41, 5.74) is 8.08. The molecule has 1 aromatic rings. The number of rotatable bonds is 5. The summed E-state index contributed by atoms with van der Waals surface area (Å²) in [7, 11) is 0. The highest BCUT2D eigenvalue weighted by Crippen LogP contribution is 2.25. The van der Waals surface area contributed by atoms with E-state index in [1.54, 1.807) is 0 Å². The third-order valence-electron chi connectivity index (χ3n) is 3.16. The van der Waals surface area contributed by atoms with Crippen molar-refractivity contribution in [1.82, 2.24) is 5.32 Å². The van der Waals surface area contributed by atoms with Crippen LogP contribution < -0.4 is 15.8 Å². The Balaban J connectivity index is 1.88. The summed E-state index contributed by atoms with van der Waals surface area (Å²) in [5, 5.41) is 2.68. The Morgan fingerprint density at radius 1 is 1.28 bits per heavy atom. The maximum atomic E-state index is 11.4. The Hall–Kier alpha value is -1.55. The van der Waals surface area contributed by atoms with Gasteiger partial charge >= 0.3 is 0 Å². The van der Waals surface area contributed by atoms with Gasteiger partial charge in [0.1, 0.15) is 5.75 Å². The molecule has 0 aliphatic heterocycles. The number of fused-ring (bicyclic) bond motifs is 1. The first-order valence-electron chi connectivity index (χ1n) is 6.51. The summed E-state index contributed by atoms with van der Waals surface area (Å²) < 4.78 is 5.48. The summed E-state index contributed by atoms with van der Waals surface area (Å²) in [6.07, 6.45) is 4.79. The molecule has 1 aliphatic rings. The van der Waals surface area contributed by atoms with Crippen molar-refractivity contribution >= 4 is 5.91 Å². The smallest absolute Gasteiger partial charge is 0.257 e. The van der Waals surface area contributed by atoms with Crippen molar-refractivity contribution in [2.75, 3.05) is 19.7 Å². The molecule has 1 aromatic carbocycles. The number of benzene rings is 1. The van der Waals surface area contributed by atoms with E-state index in [0.717, 1.165) is 18.6 Å². The van der Waals surface area contributed by atoms with Crippen molar-refractivity contribution in [2.45, 2.75) is 25.7 Å². The molecule has 0 heterocycles. The van der Waals surface area contributed by atoms with Crippen molar-refractivity contribution in [2.24, 2.45) is 5.73 Å². The number of ether oxygens (including phenoxy) is 1. The van der Waals surface area contributed by atoms with Crippen LogP contribution in [0.5, 0.6) is 5.75 Å². The first-order chi connectivity index (χ1) is 8.79. The third-order valence-corrected chi connectivity index (χ3v) is 3.16. The Labute approximate surface area is 108 Å². The van der Waals surface area contributed by atoms with Crippen molar-refractivity contribution in [3.05, 3.63) is 29.3 Å². The first-order valence-corrected chi connectivity index (χ1v) is 6.51. The van der Waals surface area contributed by atoms with E-state index in [-0.39, 0.29) is 12.5 Å². The number of carbonyl (C=O) groups is 1. The van der Waals surface area contributed by atoms with E-state index in [2.05, 4.69) is 17.4 Å². The summed E-state index contributed by atoms with van der Waals surface area (Å²) in [6.45, 7) is 0.996. The van der Waals surface area contributed by atoms with E-state index < -0.39 is 0 Å². The fourth-order valence-corrected chi connectivity index (χ4v) is 2.21. The fourth-order valence-electron chi connectivity index (χ4n) is 2.21. The van der Waals surface area contributed by atoms with Crippen LogP contribution in [0.4, 0.5) is 0 Å². The van der Waals surface area contributed by atoms with Crippen LogP contribution in [0, 0.1) is 0 Å². The number of hydrogen-bond acceptors (Lipinski definition) is 3. The van der Waals surface area contributed by atoms with E-state index in [0.29, 0.717) is 13.1 Å². The van der Waals surface area contributed by atoms with Gasteiger partial charge in [-0.2, -0.15) is 0 Å². The van der Waals surface area contributed by atoms with Gasteiger partial charge in [0.2, 0.25) is 0 Å². The van der Waals surface area contributed by atoms with E-state index in [9.17, 15) is 4.79 Å². The Bertz CT molecular complexity index is 418. The number of amides is 1. The molecule has 0 fully saturated rings. The van der Waals surface area contributed by atoms with E-state index in [4.69, 9.17) is 10.5 Å². The lowest BCUT2D eigenvalue weighted by atomic mass is 9.92. The monoisotopic (exact) mass is 248 g/mol. The van der Waals surface area contributed by atoms with Gasteiger partial charge in [0, 0.05) is 13.1 Å². The molecule has 0 spiro atoms. The third kappa shape index (κ3) is 3.47. The lowest BCUT2D eigenvalue weighted by Gasteiger charge is -2.16. The summed E-state index contributed by atoms with van der Waals surface area (Å²) >= 11 is 0. The molecular formula is C14H20N2O2. The van der Waals surface area contributed by atoms with Crippen LogP contribution in [-0.2, 0) is 17.6 Å². The number of aryl methyl sites for hydroxylation is 2. The molecule has 18 heavy (non-hydrogen) atoms. The van der Waals surface area contributed by atoms with Crippen LogP contribution in [0.3, 0.4) is 0 Å². The molecule has 3 N–H and O–H groups in total. The minimum atomic E-state index is -0.127. The van der Waals surface area contributed by atoms with Crippen LogP contribution in [-0.4, -0.2) is 25.6 Å². The van der Waals surface area contributed by atoms with Crippen LogP contribution in [0.25, 0.3) is 0 Å². The summed E-state index contributed by atoms with van der Waals surface area (Å²) in [5.74, 6) is 0.650. The average Bonchev–Trinajstić information content (AvgIpc) is 2.42. The van der Waals surface area contributed by atoms with Gasteiger partial charge in [-0.3, -0.25) is 4.79 Å². The molecule has 4 nitrogen and oxygen atoms in total. The van der Waals surface area contributed by atoms with Gasteiger partial charge in [-0.05, 0) is 48.9 Å². The number of carbonyl (C=O) groups excluding carboxylic acids is 1. The Kier molecular flexibility index (Phi) is 4.59. The predicted octanol–water partition coefficient (Wildman–Crippen LogP) is 1.02.